The number of rotatable bonds is 4. The van der Waals surface area contributed by atoms with Crippen LogP contribution in [0, 0.1) is 11.8 Å². The molecule has 5 heteroatoms. The van der Waals surface area contributed by atoms with E-state index in [2.05, 4.69) is 4.98 Å². The van der Waals surface area contributed by atoms with Crippen LogP contribution in [-0.2, 0) is 11.8 Å². The fourth-order valence-electron chi connectivity index (χ4n) is 2.17. The monoisotopic (exact) mass is 260 g/mol. The Morgan fingerprint density at radius 3 is 2.58 bits per heavy atom. The van der Waals surface area contributed by atoms with Crippen LogP contribution in [0.1, 0.15) is 24.2 Å². The molecule has 0 aliphatic heterocycles. The average Bonchev–Trinajstić information content (AvgIpc) is 2.69. The van der Waals surface area contributed by atoms with Crippen LogP contribution in [0.3, 0.4) is 0 Å². The maximum Gasteiger partial charge on any atom is 0.314 e. The first kappa shape index (κ1) is 13.3. The lowest BCUT2D eigenvalue weighted by Gasteiger charge is -2.14. The predicted octanol–water partition coefficient (Wildman–Crippen LogP) is 2.11. The summed E-state index contributed by atoms with van der Waals surface area (Å²) < 4.78 is 1.85. The molecule has 0 saturated carbocycles. The second-order valence-corrected chi connectivity index (χ2v) is 4.98. The van der Waals surface area contributed by atoms with E-state index in [1.807, 2.05) is 11.6 Å². The standard InChI is InChI=1S/C14H16N2O3/c1-8(2)12(14(18)19)13(17)9-4-5-11-10(6-9)15-7-16(11)3/h4-8,12H,1-3H3,(H,18,19). The number of aliphatic carboxylic acids is 1. The van der Waals surface area contributed by atoms with Crippen molar-refractivity contribution in [3.05, 3.63) is 30.1 Å². The molecule has 5 nitrogen and oxygen atoms in total. The molecule has 0 aliphatic carbocycles. The molecule has 0 aliphatic rings. The number of imidazole rings is 1. The maximum absolute atomic E-state index is 12.3. The molecule has 2 rings (SSSR count). The average molecular weight is 260 g/mol. The van der Waals surface area contributed by atoms with E-state index in [1.54, 1.807) is 38.4 Å². The van der Waals surface area contributed by atoms with Gasteiger partial charge in [-0.1, -0.05) is 13.8 Å². The van der Waals surface area contributed by atoms with E-state index in [0.29, 0.717) is 11.1 Å². The lowest BCUT2D eigenvalue weighted by atomic mass is 9.88. The molecule has 0 fully saturated rings. The van der Waals surface area contributed by atoms with E-state index in [-0.39, 0.29) is 11.7 Å². The van der Waals surface area contributed by atoms with E-state index in [4.69, 9.17) is 5.11 Å². The summed E-state index contributed by atoms with van der Waals surface area (Å²) in [6, 6.07) is 5.09. The van der Waals surface area contributed by atoms with Crippen LogP contribution in [-0.4, -0.2) is 26.4 Å². The van der Waals surface area contributed by atoms with Crippen LogP contribution in [0.2, 0.25) is 0 Å². The number of hydrogen-bond donors (Lipinski definition) is 1. The minimum Gasteiger partial charge on any atom is -0.481 e. The minimum absolute atomic E-state index is 0.246. The van der Waals surface area contributed by atoms with Crippen LogP contribution in [0.4, 0.5) is 0 Å². The third-order valence-corrected chi connectivity index (χ3v) is 3.23. The van der Waals surface area contributed by atoms with Crippen molar-refractivity contribution in [1.29, 1.82) is 0 Å². The molecule has 0 radical (unpaired) electrons. The number of aromatic nitrogens is 2. The zero-order valence-corrected chi connectivity index (χ0v) is 11.1. The smallest absolute Gasteiger partial charge is 0.314 e. The van der Waals surface area contributed by atoms with Gasteiger partial charge >= 0.3 is 5.97 Å². The van der Waals surface area contributed by atoms with Gasteiger partial charge in [0.15, 0.2) is 5.78 Å². The van der Waals surface area contributed by atoms with Gasteiger partial charge in [-0.05, 0) is 24.1 Å². The molecule has 1 atom stereocenters. The van der Waals surface area contributed by atoms with Gasteiger partial charge < -0.3 is 9.67 Å². The first-order valence-corrected chi connectivity index (χ1v) is 6.10. The van der Waals surface area contributed by atoms with E-state index in [0.717, 1.165) is 5.52 Å². The summed E-state index contributed by atoms with van der Waals surface area (Å²) >= 11 is 0. The van der Waals surface area contributed by atoms with Gasteiger partial charge in [0.1, 0.15) is 5.92 Å². The van der Waals surface area contributed by atoms with E-state index < -0.39 is 11.9 Å². The van der Waals surface area contributed by atoms with Crippen LogP contribution in [0.15, 0.2) is 24.5 Å². The Labute approximate surface area is 110 Å². The van der Waals surface area contributed by atoms with Crippen LogP contribution in [0.5, 0.6) is 0 Å². The van der Waals surface area contributed by atoms with E-state index in [9.17, 15) is 9.59 Å². The van der Waals surface area contributed by atoms with Crippen LogP contribution >= 0.6 is 0 Å². The number of carboxylic acids is 1. The zero-order chi connectivity index (χ0) is 14.2. The summed E-state index contributed by atoms with van der Waals surface area (Å²) in [4.78, 5) is 27.6. The number of nitrogens with zero attached hydrogens (tertiary/aromatic N) is 2. The molecule has 1 aromatic heterocycles. The van der Waals surface area contributed by atoms with E-state index >= 15 is 0 Å². The van der Waals surface area contributed by atoms with Crippen molar-refractivity contribution in [3.8, 4) is 0 Å². The lowest BCUT2D eigenvalue weighted by molar-refractivity contribution is -0.141. The van der Waals surface area contributed by atoms with Gasteiger partial charge in [0.2, 0.25) is 0 Å². The number of fused-ring (bicyclic) bond motifs is 1. The minimum atomic E-state index is -1.08. The number of benzene rings is 1. The van der Waals surface area contributed by atoms with Crippen molar-refractivity contribution in [1.82, 2.24) is 9.55 Å². The fraction of sp³-hybridized carbons (Fsp3) is 0.357. The Balaban J connectivity index is 2.43. The van der Waals surface area contributed by atoms with Crippen molar-refractivity contribution in [2.45, 2.75) is 13.8 Å². The van der Waals surface area contributed by atoms with Crippen LogP contribution < -0.4 is 0 Å². The van der Waals surface area contributed by atoms with Gasteiger partial charge in [0.25, 0.3) is 0 Å². The Kier molecular flexibility index (Phi) is 3.38. The fourth-order valence-corrected chi connectivity index (χ4v) is 2.17. The summed E-state index contributed by atoms with van der Waals surface area (Å²) in [5.41, 5.74) is 2.00. The van der Waals surface area contributed by atoms with Crippen molar-refractivity contribution in [2.75, 3.05) is 0 Å². The number of carboxylic acid groups (broad SMARTS) is 1. The van der Waals surface area contributed by atoms with Crippen molar-refractivity contribution >= 4 is 22.8 Å². The molecule has 0 bridgehead atoms. The van der Waals surface area contributed by atoms with Gasteiger partial charge in [-0.15, -0.1) is 0 Å². The molecule has 1 N–H and O–H groups in total. The lowest BCUT2D eigenvalue weighted by Crippen LogP contribution is -2.28. The van der Waals surface area contributed by atoms with Crippen molar-refractivity contribution in [2.24, 2.45) is 18.9 Å². The quantitative estimate of drug-likeness (QED) is 0.675. The molecule has 1 unspecified atom stereocenters. The predicted molar refractivity (Wildman–Crippen MR) is 71.0 cm³/mol. The third-order valence-electron chi connectivity index (χ3n) is 3.23. The first-order chi connectivity index (χ1) is 8.91. The topological polar surface area (TPSA) is 72.2 Å². The molecule has 1 aromatic carbocycles. The van der Waals surface area contributed by atoms with Gasteiger partial charge in [0, 0.05) is 12.6 Å². The largest absolute Gasteiger partial charge is 0.481 e. The Morgan fingerprint density at radius 2 is 2.00 bits per heavy atom. The zero-order valence-electron chi connectivity index (χ0n) is 11.1. The molecule has 0 spiro atoms. The third kappa shape index (κ3) is 2.36. The van der Waals surface area contributed by atoms with Gasteiger partial charge in [0.05, 0.1) is 17.4 Å². The SMILES string of the molecule is CC(C)C(C(=O)O)C(=O)c1ccc2c(c1)ncn2C. The summed E-state index contributed by atoms with van der Waals surface area (Å²) in [5.74, 6) is -2.71. The molecule has 19 heavy (non-hydrogen) atoms. The summed E-state index contributed by atoms with van der Waals surface area (Å²) in [6.07, 6.45) is 1.66. The van der Waals surface area contributed by atoms with E-state index in [1.165, 1.54) is 0 Å². The molecule has 0 amide bonds. The highest BCUT2D eigenvalue weighted by atomic mass is 16.4. The number of carbonyl (C=O) groups excluding carboxylic acids is 1. The van der Waals surface area contributed by atoms with Gasteiger partial charge in [-0.3, -0.25) is 9.59 Å². The van der Waals surface area contributed by atoms with Crippen molar-refractivity contribution in [3.63, 3.8) is 0 Å². The van der Waals surface area contributed by atoms with Gasteiger partial charge in [-0.25, -0.2) is 4.98 Å². The molecule has 100 valence electrons. The number of Topliss-reactive ketones (excluding diaryl/α,β-unsaturated/α-hetero) is 1. The highest BCUT2D eigenvalue weighted by molar-refractivity contribution is 6.09. The molecule has 0 saturated heterocycles. The second-order valence-electron chi connectivity index (χ2n) is 4.98. The number of hydrogen-bond acceptors (Lipinski definition) is 3. The molecular weight excluding hydrogens is 244 g/mol. The number of ketones is 1. The summed E-state index contributed by atoms with van der Waals surface area (Å²) in [6.45, 7) is 3.46. The number of carbonyl (C=O) groups is 2. The second kappa shape index (κ2) is 4.84. The molecule has 2 aromatic rings. The normalized spacial score (nSPS) is 12.8. The summed E-state index contributed by atoms with van der Waals surface area (Å²) in [7, 11) is 1.87. The Morgan fingerprint density at radius 1 is 1.32 bits per heavy atom. The van der Waals surface area contributed by atoms with Gasteiger partial charge in [-0.2, -0.15) is 0 Å². The highest BCUT2D eigenvalue weighted by Crippen LogP contribution is 2.21. The Bertz CT molecular complexity index is 643. The Hall–Kier alpha value is -2.17. The molecule has 1 heterocycles. The highest BCUT2D eigenvalue weighted by Gasteiger charge is 2.30. The maximum atomic E-state index is 12.3. The number of aryl methyl sites for hydroxylation is 1. The first-order valence-electron chi connectivity index (χ1n) is 6.10. The summed E-state index contributed by atoms with van der Waals surface area (Å²) in [5, 5.41) is 9.15. The van der Waals surface area contributed by atoms with Crippen LogP contribution in [0.25, 0.3) is 11.0 Å². The van der Waals surface area contributed by atoms with Crippen molar-refractivity contribution < 1.29 is 14.7 Å². The molecular formula is C14H16N2O3.